The molecule has 0 aromatic heterocycles. The summed E-state index contributed by atoms with van der Waals surface area (Å²) in [4.78, 5) is 19.6. The van der Waals surface area contributed by atoms with E-state index in [4.69, 9.17) is 16.7 Å². The molecule has 0 aliphatic carbocycles. The van der Waals surface area contributed by atoms with E-state index < -0.39 is 33.0 Å². The van der Waals surface area contributed by atoms with Gasteiger partial charge in [0.05, 0.1) is 10.5 Å². The van der Waals surface area contributed by atoms with E-state index in [1.807, 2.05) is 0 Å². The Morgan fingerprint density at radius 1 is 1.57 bits per heavy atom. The monoisotopic (exact) mass is 219 g/mol. The van der Waals surface area contributed by atoms with Crippen molar-refractivity contribution in [3.63, 3.8) is 0 Å². The van der Waals surface area contributed by atoms with Gasteiger partial charge in [-0.2, -0.15) is 4.39 Å². The number of hydrogen-bond acceptors (Lipinski definition) is 3. The zero-order valence-electron chi connectivity index (χ0n) is 6.53. The number of nitrogens with zero attached hydrogens (tertiary/aromatic N) is 1. The van der Waals surface area contributed by atoms with Gasteiger partial charge in [0.15, 0.2) is 0 Å². The van der Waals surface area contributed by atoms with Crippen molar-refractivity contribution in [2.45, 2.75) is 0 Å². The molecule has 1 rings (SSSR count). The Hall–Kier alpha value is -1.69. The van der Waals surface area contributed by atoms with E-state index in [-0.39, 0.29) is 0 Å². The molecule has 0 fully saturated rings. The van der Waals surface area contributed by atoms with Crippen LogP contribution in [0.4, 0.5) is 10.1 Å². The molecule has 0 heterocycles. The highest BCUT2D eigenvalue weighted by Crippen LogP contribution is 2.28. The van der Waals surface area contributed by atoms with E-state index in [0.717, 1.165) is 6.07 Å². The van der Waals surface area contributed by atoms with E-state index in [1.54, 1.807) is 0 Å². The minimum absolute atomic E-state index is 0.432. The average molecular weight is 220 g/mol. The van der Waals surface area contributed by atoms with Crippen molar-refractivity contribution in [3.05, 3.63) is 38.7 Å². The van der Waals surface area contributed by atoms with Gasteiger partial charge in [-0.05, 0) is 12.1 Å². The molecule has 0 amide bonds. The summed E-state index contributed by atoms with van der Waals surface area (Å²) in [6, 6.07) is 1.37. The number of halogens is 2. The van der Waals surface area contributed by atoms with Crippen LogP contribution in [-0.2, 0) is 0 Å². The van der Waals surface area contributed by atoms with Gasteiger partial charge in [-0.15, -0.1) is 0 Å². The van der Waals surface area contributed by atoms with Crippen LogP contribution in [0.3, 0.4) is 0 Å². The first kappa shape index (κ1) is 10.4. The molecule has 7 heteroatoms. The van der Waals surface area contributed by atoms with Crippen LogP contribution in [0.2, 0.25) is 5.02 Å². The van der Waals surface area contributed by atoms with Gasteiger partial charge in [-0.3, -0.25) is 10.1 Å². The average Bonchev–Trinajstić information content (AvgIpc) is 2.01. The highest BCUT2D eigenvalue weighted by molar-refractivity contribution is 6.33. The largest absolute Gasteiger partial charge is 0.478 e. The Bertz CT molecular complexity index is 397. The fraction of sp³-hybridized carbons (Fsp3) is 0. The minimum atomic E-state index is -1.40. The molecule has 74 valence electrons. The van der Waals surface area contributed by atoms with Gasteiger partial charge in [0.25, 0.3) is 0 Å². The van der Waals surface area contributed by atoms with Gasteiger partial charge in [0.2, 0.25) is 5.82 Å². The lowest BCUT2D eigenvalue weighted by molar-refractivity contribution is -0.387. The first-order chi connectivity index (χ1) is 6.43. The molecule has 0 aliphatic rings. The van der Waals surface area contributed by atoms with Crippen molar-refractivity contribution in [1.82, 2.24) is 0 Å². The maximum Gasteiger partial charge on any atom is 0.335 e. The summed E-state index contributed by atoms with van der Waals surface area (Å²) >= 11 is 5.33. The Balaban J connectivity index is 3.39. The van der Waals surface area contributed by atoms with E-state index in [0.29, 0.717) is 6.07 Å². The van der Waals surface area contributed by atoms with Gasteiger partial charge >= 0.3 is 11.7 Å². The van der Waals surface area contributed by atoms with Crippen LogP contribution in [0.25, 0.3) is 0 Å². The van der Waals surface area contributed by atoms with Crippen molar-refractivity contribution in [2.24, 2.45) is 0 Å². The third kappa shape index (κ3) is 1.80. The van der Waals surface area contributed by atoms with Crippen molar-refractivity contribution in [2.75, 3.05) is 0 Å². The van der Waals surface area contributed by atoms with Crippen LogP contribution in [0.5, 0.6) is 0 Å². The fourth-order valence-electron chi connectivity index (χ4n) is 0.863. The molecule has 0 atom stereocenters. The second-order valence-corrected chi connectivity index (χ2v) is 2.76. The predicted molar refractivity (Wildman–Crippen MR) is 45.0 cm³/mol. The Morgan fingerprint density at radius 3 is 2.50 bits per heavy atom. The first-order valence-corrected chi connectivity index (χ1v) is 3.68. The number of hydrogen-bond donors (Lipinski definition) is 1. The lowest BCUT2D eigenvalue weighted by atomic mass is 10.2. The summed E-state index contributed by atoms with van der Waals surface area (Å²) in [7, 11) is 0. The molecule has 0 unspecified atom stereocenters. The van der Waals surface area contributed by atoms with Crippen molar-refractivity contribution in [3.8, 4) is 0 Å². The number of nitro benzene ring substituents is 1. The van der Waals surface area contributed by atoms with Gasteiger partial charge in [-0.25, -0.2) is 4.79 Å². The Morgan fingerprint density at radius 2 is 2.14 bits per heavy atom. The number of nitro groups is 1. The van der Waals surface area contributed by atoms with Crippen LogP contribution >= 0.6 is 11.6 Å². The van der Waals surface area contributed by atoms with E-state index in [9.17, 15) is 19.3 Å². The Kier molecular flexibility index (Phi) is 2.66. The normalized spacial score (nSPS) is 9.86. The summed E-state index contributed by atoms with van der Waals surface area (Å²) in [5.41, 5.74) is -1.35. The number of benzene rings is 1. The molecule has 1 N–H and O–H groups in total. The predicted octanol–water partition coefficient (Wildman–Crippen LogP) is 2.09. The van der Waals surface area contributed by atoms with E-state index in [2.05, 4.69) is 0 Å². The lowest BCUT2D eigenvalue weighted by Gasteiger charge is -1.98. The van der Waals surface area contributed by atoms with Gasteiger partial charge < -0.3 is 5.11 Å². The second kappa shape index (κ2) is 3.59. The van der Waals surface area contributed by atoms with Crippen molar-refractivity contribution >= 4 is 23.3 Å². The first-order valence-electron chi connectivity index (χ1n) is 3.30. The summed E-state index contributed by atoms with van der Waals surface area (Å²) in [5, 5.41) is 18.2. The zero-order chi connectivity index (χ0) is 10.9. The highest BCUT2D eigenvalue weighted by atomic mass is 35.5. The molecule has 5 nitrogen and oxygen atoms in total. The molecule has 1 aromatic rings. The molecule has 0 saturated carbocycles. The molecule has 1 aromatic carbocycles. The number of aromatic carboxylic acids is 1. The number of rotatable bonds is 2. The smallest absolute Gasteiger partial charge is 0.335 e. The van der Waals surface area contributed by atoms with Gasteiger partial charge in [0.1, 0.15) is 5.02 Å². The van der Waals surface area contributed by atoms with Crippen molar-refractivity contribution in [1.29, 1.82) is 0 Å². The summed E-state index contributed by atoms with van der Waals surface area (Å²) in [5.74, 6) is -2.67. The topological polar surface area (TPSA) is 80.4 Å². The fourth-order valence-corrected chi connectivity index (χ4v) is 1.14. The number of carboxylic acids is 1. The highest BCUT2D eigenvalue weighted by Gasteiger charge is 2.21. The lowest BCUT2D eigenvalue weighted by Crippen LogP contribution is -2.00. The summed E-state index contributed by atoms with van der Waals surface area (Å²) < 4.78 is 12.9. The van der Waals surface area contributed by atoms with Crippen LogP contribution in [0.15, 0.2) is 12.1 Å². The number of carbonyl (C=O) groups is 1. The van der Waals surface area contributed by atoms with E-state index >= 15 is 0 Å². The molecular weight excluding hydrogens is 217 g/mol. The molecule has 0 spiro atoms. The number of carboxylic acid groups (broad SMARTS) is 1. The van der Waals surface area contributed by atoms with Gasteiger partial charge in [-0.1, -0.05) is 11.6 Å². The zero-order valence-corrected chi connectivity index (χ0v) is 7.29. The summed E-state index contributed by atoms with van der Waals surface area (Å²) in [6.07, 6.45) is 0. The SMILES string of the molecule is O=C(O)c1cc(F)c([N+](=O)[O-])c(Cl)c1. The summed E-state index contributed by atoms with van der Waals surface area (Å²) in [6.45, 7) is 0. The third-order valence-corrected chi connectivity index (χ3v) is 1.73. The van der Waals surface area contributed by atoms with Gasteiger partial charge in [0, 0.05) is 0 Å². The maximum atomic E-state index is 12.9. The molecule has 14 heavy (non-hydrogen) atoms. The Labute approximate surface area is 81.9 Å². The second-order valence-electron chi connectivity index (χ2n) is 2.35. The van der Waals surface area contributed by atoms with Crippen LogP contribution in [-0.4, -0.2) is 16.0 Å². The molecule has 0 aliphatic heterocycles. The van der Waals surface area contributed by atoms with Crippen LogP contribution in [0, 0.1) is 15.9 Å². The molecule has 0 radical (unpaired) electrons. The molecule has 0 bridgehead atoms. The molecular formula is C7H3ClFNO4. The maximum absolute atomic E-state index is 12.9. The standard InChI is InChI=1S/C7H3ClFNO4/c8-4-1-3(7(11)12)2-5(9)6(4)10(13)14/h1-2H,(H,11,12). The third-order valence-electron chi connectivity index (χ3n) is 1.45. The quantitative estimate of drug-likeness (QED) is 0.610. The van der Waals surface area contributed by atoms with E-state index in [1.165, 1.54) is 0 Å². The van der Waals surface area contributed by atoms with Crippen LogP contribution in [0.1, 0.15) is 10.4 Å². The minimum Gasteiger partial charge on any atom is -0.478 e. The molecule has 0 saturated heterocycles. The van der Waals surface area contributed by atoms with Crippen molar-refractivity contribution < 1.29 is 19.2 Å². The van der Waals surface area contributed by atoms with Crippen LogP contribution < -0.4 is 0 Å².